The summed E-state index contributed by atoms with van der Waals surface area (Å²) in [5.74, 6) is 0.798. The molecule has 0 saturated carbocycles. The summed E-state index contributed by atoms with van der Waals surface area (Å²) >= 11 is 5.85. The van der Waals surface area contributed by atoms with Crippen molar-refractivity contribution in [2.24, 2.45) is 0 Å². The average molecular weight is 242 g/mol. The maximum Gasteiger partial charge on any atom is 0.120 e. The molecule has 4 heteroatoms. The third-order valence-corrected chi connectivity index (χ3v) is 2.95. The van der Waals surface area contributed by atoms with Crippen LogP contribution < -0.4 is 4.74 Å². The topological polar surface area (TPSA) is 32.7 Å². The van der Waals surface area contributed by atoms with Crippen molar-refractivity contribution in [1.82, 2.24) is 4.90 Å². The summed E-state index contributed by atoms with van der Waals surface area (Å²) in [7, 11) is 0. The monoisotopic (exact) mass is 241 g/mol. The van der Waals surface area contributed by atoms with Crippen molar-refractivity contribution in [1.29, 1.82) is 0 Å². The second kappa shape index (κ2) is 5.53. The molecular formula is C12H16ClNO2. The zero-order valence-corrected chi connectivity index (χ0v) is 9.86. The second-order valence-corrected chi connectivity index (χ2v) is 4.49. The first-order valence-corrected chi connectivity index (χ1v) is 5.90. The zero-order valence-electron chi connectivity index (χ0n) is 9.10. The Morgan fingerprint density at radius 2 is 2.38 bits per heavy atom. The highest BCUT2D eigenvalue weighted by atomic mass is 35.5. The molecule has 1 aliphatic rings. The van der Waals surface area contributed by atoms with Gasteiger partial charge in [0.2, 0.25) is 0 Å². The van der Waals surface area contributed by atoms with Gasteiger partial charge in [-0.3, -0.25) is 4.90 Å². The first-order chi connectivity index (χ1) is 7.74. The van der Waals surface area contributed by atoms with Crippen molar-refractivity contribution in [3.8, 4) is 5.75 Å². The molecule has 2 rings (SSSR count). The van der Waals surface area contributed by atoms with Gasteiger partial charge in [-0.15, -0.1) is 0 Å². The largest absolute Gasteiger partial charge is 0.492 e. The van der Waals surface area contributed by atoms with Crippen molar-refractivity contribution in [2.45, 2.75) is 12.5 Å². The van der Waals surface area contributed by atoms with E-state index in [1.807, 2.05) is 18.2 Å². The molecule has 1 saturated heterocycles. The fourth-order valence-electron chi connectivity index (χ4n) is 1.86. The highest BCUT2D eigenvalue weighted by Gasteiger charge is 2.19. The van der Waals surface area contributed by atoms with Gasteiger partial charge < -0.3 is 9.84 Å². The van der Waals surface area contributed by atoms with Crippen LogP contribution >= 0.6 is 11.6 Å². The Morgan fingerprint density at radius 1 is 1.50 bits per heavy atom. The molecule has 3 nitrogen and oxygen atoms in total. The van der Waals surface area contributed by atoms with Crippen LogP contribution in [0.5, 0.6) is 5.75 Å². The molecule has 0 aromatic heterocycles. The first kappa shape index (κ1) is 11.7. The van der Waals surface area contributed by atoms with Crippen LogP contribution in [0.15, 0.2) is 24.3 Å². The van der Waals surface area contributed by atoms with Gasteiger partial charge in [-0.05, 0) is 24.6 Å². The van der Waals surface area contributed by atoms with Gasteiger partial charge in [-0.25, -0.2) is 0 Å². The van der Waals surface area contributed by atoms with E-state index in [1.165, 1.54) is 0 Å². The Kier molecular flexibility index (Phi) is 4.04. The van der Waals surface area contributed by atoms with Crippen LogP contribution in [-0.4, -0.2) is 42.4 Å². The van der Waals surface area contributed by atoms with E-state index in [9.17, 15) is 5.11 Å². The van der Waals surface area contributed by atoms with Gasteiger partial charge >= 0.3 is 0 Å². The third kappa shape index (κ3) is 3.37. The van der Waals surface area contributed by atoms with Crippen molar-refractivity contribution in [3.63, 3.8) is 0 Å². The fourth-order valence-corrected chi connectivity index (χ4v) is 2.04. The normalized spacial score (nSPS) is 21.2. The lowest BCUT2D eigenvalue weighted by molar-refractivity contribution is 0.167. The molecule has 1 N–H and O–H groups in total. The summed E-state index contributed by atoms with van der Waals surface area (Å²) in [6, 6.07) is 7.40. The first-order valence-electron chi connectivity index (χ1n) is 5.53. The SMILES string of the molecule is O[C@@H]1CCN(CCOc2cccc(Cl)c2)C1. The lowest BCUT2D eigenvalue weighted by atomic mass is 10.3. The van der Waals surface area contributed by atoms with Crippen molar-refractivity contribution < 1.29 is 9.84 Å². The molecule has 0 bridgehead atoms. The summed E-state index contributed by atoms with van der Waals surface area (Å²) < 4.78 is 5.58. The molecule has 1 aromatic carbocycles. The molecule has 88 valence electrons. The van der Waals surface area contributed by atoms with E-state index in [2.05, 4.69) is 4.90 Å². The van der Waals surface area contributed by atoms with Gasteiger partial charge in [0.05, 0.1) is 6.10 Å². The highest BCUT2D eigenvalue weighted by molar-refractivity contribution is 6.30. The maximum absolute atomic E-state index is 9.35. The molecule has 1 aromatic rings. The van der Waals surface area contributed by atoms with E-state index in [4.69, 9.17) is 16.3 Å². The van der Waals surface area contributed by atoms with Crippen LogP contribution in [-0.2, 0) is 0 Å². The highest BCUT2D eigenvalue weighted by Crippen LogP contribution is 2.17. The smallest absolute Gasteiger partial charge is 0.120 e. The van der Waals surface area contributed by atoms with E-state index in [0.717, 1.165) is 31.8 Å². The number of benzene rings is 1. The number of aliphatic hydroxyl groups excluding tert-OH is 1. The molecule has 0 aliphatic carbocycles. The summed E-state index contributed by atoms with van der Waals surface area (Å²) in [6.45, 7) is 3.20. The van der Waals surface area contributed by atoms with E-state index in [0.29, 0.717) is 11.6 Å². The molecule has 0 unspecified atom stereocenters. The quantitative estimate of drug-likeness (QED) is 0.873. The zero-order chi connectivity index (χ0) is 11.4. The van der Waals surface area contributed by atoms with Crippen LogP contribution in [0.25, 0.3) is 0 Å². The molecular weight excluding hydrogens is 226 g/mol. The molecule has 0 spiro atoms. The van der Waals surface area contributed by atoms with Crippen molar-refractivity contribution in [2.75, 3.05) is 26.2 Å². The second-order valence-electron chi connectivity index (χ2n) is 4.05. The number of halogens is 1. The van der Waals surface area contributed by atoms with E-state index in [1.54, 1.807) is 6.07 Å². The molecule has 1 atom stereocenters. The Balaban J connectivity index is 1.72. The lowest BCUT2D eigenvalue weighted by Gasteiger charge is -2.15. The standard InChI is InChI=1S/C12H16ClNO2/c13-10-2-1-3-12(8-10)16-7-6-14-5-4-11(15)9-14/h1-3,8,11,15H,4-7,9H2/t11-/m1/s1. The number of rotatable bonds is 4. The van der Waals surface area contributed by atoms with Crippen LogP contribution in [0.4, 0.5) is 0 Å². The van der Waals surface area contributed by atoms with Crippen LogP contribution in [0.2, 0.25) is 5.02 Å². The van der Waals surface area contributed by atoms with Gasteiger partial charge in [-0.1, -0.05) is 17.7 Å². The van der Waals surface area contributed by atoms with Gasteiger partial charge in [0, 0.05) is 24.7 Å². The minimum atomic E-state index is -0.161. The maximum atomic E-state index is 9.35. The van der Waals surface area contributed by atoms with Gasteiger partial charge in [-0.2, -0.15) is 0 Å². The van der Waals surface area contributed by atoms with Gasteiger partial charge in [0.15, 0.2) is 0 Å². The number of aliphatic hydroxyl groups is 1. The Bertz CT molecular complexity index is 346. The summed E-state index contributed by atoms with van der Waals surface area (Å²) in [6.07, 6.45) is 0.711. The summed E-state index contributed by atoms with van der Waals surface area (Å²) in [4.78, 5) is 2.20. The Hall–Kier alpha value is -0.770. The van der Waals surface area contributed by atoms with E-state index >= 15 is 0 Å². The summed E-state index contributed by atoms with van der Waals surface area (Å²) in [5.41, 5.74) is 0. The number of hydrogen-bond donors (Lipinski definition) is 1. The average Bonchev–Trinajstić information content (AvgIpc) is 2.64. The molecule has 0 radical (unpaired) electrons. The number of likely N-dealkylation sites (tertiary alicyclic amines) is 1. The molecule has 1 fully saturated rings. The minimum Gasteiger partial charge on any atom is -0.492 e. The van der Waals surface area contributed by atoms with E-state index in [-0.39, 0.29) is 6.10 Å². The molecule has 16 heavy (non-hydrogen) atoms. The van der Waals surface area contributed by atoms with E-state index < -0.39 is 0 Å². The minimum absolute atomic E-state index is 0.161. The number of hydrogen-bond acceptors (Lipinski definition) is 3. The van der Waals surface area contributed by atoms with Gasteiger partial charge in [0.1, 0.15) is 12.4 Å². The van der Waals surface area contributed by atoms with Crippen LogP contribution in [0, 0.1) is 0 Å². The van der Waals surface area contributed by atoms with Crippen molar-refractivity contribution in [3.05, 3.63) is 29.3 Å². The Labute approximate surface area is 101 Å². The number of ether oxygens (including phenoxy) is 1. The predicted molar refractivity (Wildman–Crippen MR) is 64.0 cm³/mol. The summed E-state index contributed by atoms with van der Waals surface area (Å²) in [5, 5.41) is 10.0. The third-order valence-electron chi connectivity index (χ3n) is 2.72. The fraction of sp³-hybridized carbons (Fsp3) is 0.500. The van der Waals surface area contributed by atoms with Crippen LogP contribution in [0.3, 0.4) is 0 Å². The predicted octanol–water partition coefficient (Wildman–Crippen LogP) is 1.79. The molecule has 1 aliphatic heterocycles. The molecule has 1 heterocycles. The van der Waals surface area contributed by atoms with Crippen molar-refractivity contribution >= 4 is 11.6 Å². The van der Waals surface area contributed by atoms with Crippen LogP contribution in [0.1, 0.15) is 6.42 Å². The lowest BCUT2D eigenvalue weighted by Crippen LogP contribution is -2.27. The van der Waals surface area contributed by atoms with Gasteiger partial charge in [0.25, 0.3) is 0 Å². The Morgan fingerprint density at radius 3 is 3.06 bits per heavy atom. The molecule has 0 amide bonds. The number of nitrogens with zero attached hydrogens (tertiary/aromatic N) is 1. The number of β-amino-alcohol motifs (C(OH)–C–C–N with tert-alkyl or cyclic N) is 1.